The molecular formula is C11H20N2O2. The molecule has 1 N–H and O–H groups in total. The lowest BCUT2D eigenvalue weighted by Gasteiger charge is -2.23. The van der Waals surface area contributed by atoms with Crippen molar-refractivity contribution in [3.05, 3.63) is 0 Å². The predicted octanol–water partition coefficient (Wildman–Crippen LogP) is 0.232. The molecule has 2 aliphatic heterocycles. The molecule has 2 rings (SSSR count). The Bertz CT molecular complexity index is 243. The summed E-state index contributed by atoms with van der Waals surface area (Å²) in [6.45, 7) is 7.09. The molecule has 4 heteroatoms. The van der Waals surface area contributed by atoms with Crippen LogP contribution >= 0.6 is 0 Å². The minimum absolute atomic E-state index is 0.133. The first-order valence-electron chi connectivity index (χ1n) is 5.80. The summed E-state index contributed by atoms with van der Waals surface area (Å²) in [5, 5.41) is 3.34. The first-order valence-corrected chi connectivity index (χ1v) is 5.80. The van der Waals surface area contributed by atoms with E-state index in [9.17, 15) is 4.79 Å². The largest absolute Gasteiger partial charge is 0.369 e. The minimum Gasteiger partial charge on any atom is -0.369 e. The maximum Gasteiger partial charge on any atom is 0.248 e. The number of nitrogens with zero attached hydrogens (tertiary/aromatic N) is 1. The molecule has 0 saturated carbocycles. The van der Waals surface area contributed by atoms with Gasteiger partial charge in [-0.15, -0.1) is 0 Å². The van der Waals surface area contributed by atoms with E-state index in [2.05, 4.69) is 5.32 Å². The summed E-state index contributed by atoms with van der Waals surface area (Å²) in [7, 11) is 0. The second-order valence-corrected chi connectivity index (χ2v) is 4.72. The van der Waals surface area contributed by atoms with Gasteiger partial charge in [0.2, 0.25) is 5.91 Å². The van der Waals surface area contributed by atoms with Gasteiger partial charge in [0.1, 0.15) is 6.61 Å². The summed E-state index contributed by atoms with van der Waals surface area (Å²) in [6, 6.07) is 0.424. The van der Waals surface area contributed by atoms with E-state index < -0.39 is 0 Å². The van der Waals surface area contributed by atoms with Gasteiger partial charge in [-0.1, -0.05) is 0 Å². The van der Waals surface area contributed by atoms with Crippen LogP contribution in [0, 0.1) is 5.92 Å². The third kappa shape index (κ3) is 2.32. The quantitative estimate of drug-likeness (QED) is 0.728. The van der Waals surface area contributed by atoms with Crippen molar-refractivity contribution in [3.63, 3.8) is 0 Å². The second-order valence-electron chi connectivity index (χ2n) is 4.72. The third-order valence-electron chi connectivity index (χ3n) is 3.31. The smallest absolute Gasteiger partial charge is 0.248 e. The fraction of sp³-hybridized carbons (Fsp3) is 0.909. The Morgan fingerprint density at radius 3 is 3.07 bits per heavy atom. The van der Waals surface area contributed by atoms with Crippen molar-refractivity contribution in [2.75, 3.05) is 26.2 Å². The molecule has 2 heterocycles. The van der Waals surface area contributed by atoms with Crippen molar-refractivity contribution < 1.29 is 9.53 Å². The van der Waals surface area contributed by atoms with Gasteiger partial charge in [-0.25, -0.2) is 0 Å². The van der Waals surface area contributed by atoms with E-state index in [4.69, 9.17) is 4.74 Å². The van der Waals surface area contributed by atoms with E-state index >= 15 is 0 Å². The third-order valence-corrected chi connectivity index (χ3v) is 3.31. The number of carbonyl (C=O) groups is 1. The summed E-state index contributed by atoms with van der Waals surface area (Å²) < 4.78 is 5.35. The van der Waals surface area contributed by atoms with E-state index in [1.165, 1.54) is 0 Å². The van der Waals surface area contributed by atoms with Crippen LogP contribution in [0.2, 0.25) is 0 Å². The lowest BCUT2D eigenvalue weighted by atomic mass is 10.1. The standard InChI is InChI=1S/C11H20N2O2/c1-8(2)15-7-11(14)13-4-3-9-5-12-6-10(9)13/h8-10,12H,3-7H2,1-2H3/t9-,10+/m0/s1. The average Bonchev–Trinajstić information content (AvgIpc) is 2.74. The molecule has 0 radical (unpaired) electrons. The summed E-state index contributed by atoms with van der Waals surface area (Å²) in [4.78, 5) is 13.9. The van der Waals surface area contributed by atoms with E-state index in [-0.39, 0.29) is 18.6 Å². The number of likely N-dealkylation sites (tertiary alicyclic amines) is 1. The Morgan fingerprint density at radius 1 is 1.53 bits per heavy atom. The van der Waals surface area contributed by atoms with Crippen LogP contribution in [0.4, 0.5) is 0 Å². The highest BCUT2D eigenvalue weighted by Gasteiger charge is 2.39. The van der Waals surface area contributed by atoms with Gasteiger partial charge in [-0.2, -0.15) is 0 Å². The topological polar surface area (TPSA) is 41.6 Å². The van der Waals surface area contributed by atoms with Crippen molar-refractivity contribution in [2.24, 2.45) is 5.92 Å². The monoisotopic (exact) mass is 212 g/mol. The highest BCUT2D eigenvalue weighted by atomic mass is 16.5. The maximum atomic E-state index is 11.9. The van der Waals surface area contributed by atoms with Crippen LogP contribution in [0.3, 0.4) is 0 Å². The molecule has 0 aliphatic carbocycles. The minimum atomic E-state index is 0.133. The molecule has 2 fully saturated rings. The van der Waals surface area contributed by atoms with Crippen molar-refractivity contribution in [2.45, 2.75) is 32.4 Å². The van der Waals surface area contributed by atoms with Crippen LogP contribution in [0.5, 0.6) is 0 Å². The molecule has 0 aromatic rings. The molecule has 4 nitrogen and oxygen atoms in total. The van der Waals surface area contributed by atoms with Crippen LogP contribution in [0.15, 0.2) is 0 Å². The normalized spacial score (nSPS) is 29.9. The summed E-state index contributed by atoms with van der Waals surface area (Å²) >= 11 is 0. The first kappa shape index (κ1) is 10.9. The number of carbonyl (C=O) groups excluding carboxylic acids is 1. The fourth-order valence-electron chi connectivity index (χ4n) is 2.48. The van der Waals surface area contributed by atoms with Gasteiger partial charge < -0.3 is 15.0 Å². The lowest BCUT2D eigenvalue weighted by molar-refractivity contribution is -0.138. The zero-order valence-corrected chi connectivity index (χ0v) is 9.53. The summed E-state index contributed by atoms with van der Waals surface area (Å²) in [5.74, 6) is 0.827. The Kier molecular flexibility index (Phi) is 3.26. The molecule has 0 aromatic heterocycles. The van der Waals surface area contributed by atoms with Gasteiger partial charge >= 0.3 is 0 Å². The van der Waals surface area contributed by atoms with Crippen LogP contribution in [-0.2, 0) is 9.53 Å². The van der Waals surface area contributed by atoms with Gasteiger partial charge in [-0.3, -0.25) is 4.79 Å². The van der Waals surface area contributed by atoms with E-state index in [1.807, 2.05) is 18.7 Å². The van der Waals surface area contributed by atoms with Crippen molar-refractivity contribution in [1.82, 2.24) is 10.2 Å². The molecule has 2 atom stereocenters. The second kappa shape index (κ2) is 4.49. The number of ether oxygens (including phenoxy) is 1. The summed E-state index contributed by atoms with van der Waals surface area (Å²) in [5.41, 5.74) is 0. The van der Waals surface area contributed by atoms with Crippen LogP contribution in [0.25, 0.3) is 0 Å². The molecule has 15 heavy (non-hydrogen) atoms. The molecule has 0 spiro atoms. The molecular weight excluding hydrogens is 192 g/mol. The molecule has 0 bridgehead atoms. The Balaban J connectivity index is 1.85. The number of rotatable bonds is 3. The summed E-state index contributed by atoms with van der Waals surface area (Å²) in [6.07, 6.45) is 1.28. The highest BCUT2D eigenvalue weighted by Crippen LogP contribution is 2.26. The number of fused-ring (bicyclic) bond motifs is 1. The average molecular weight is 212 g/mol. The Morgan fingerprint density at radius 2 is 2.33 bits per heavy atom. The molecule has 0 aromatic carbocycles. The van der Waals surface area contributed by atoms with Crippen LogP contribution in [0.1, 0.15) is 20.3 Å². The number of hydrogen-bond acceptors (Lipinski definition) is 3. The number of amides is 1. The molecule has 1 amide bonds. The predicted molar refractivity (Wildman–Crippen MR) is 57.6 cm³/mol. The molecule has 86 valence electrons. The molecule has 0 unspecified atom stereocenters. The number of nitrogens with one attached hydrogen (secondary N) is 1. The Labute approximate surface area is 91.0 Å². The van der Waals surface area contributed by atoms with Crippen molar-refractivity contribution in [1.29, 1.82) is 0 Å². The fourth-order valence-corrected chi connectivity index (χ4v) is 2.48. The molecule has 2 aliphatic rings. The Hall–Kier alpha value is -0.610. The first-order chi connectivity index (χ1) is 7.18. The van der Waals surface area contributed by atoms with Crippen LogP contribution in [-0.4, -0.2) is 49.2 Å². The molecule has 2 saturated heterocycles. The van der Waals surface area contributed by atoms with E-state index in [0.29, 0.717) is 12.0 Å². The van der Waals surface area contributed by atoms with Crippen molar-refractivity contribution in [3.8, 4) is 0 Å². The van der Waals surface area contributed by atoms with Gasteiger partial charge in [0.25, 0.3) is 0 Å². The van der Waals surface area contributed by atoms with Crippen molar-refractivity contribution >= 4 is 5.91 Å². The van der Waals surface area contributed by atoms with Crippen LogP contribution < -0.4 is 5.32 Å². The zero-order chi connectivity index (χ0) is 10.8. The lowest BCUT2D eigenvalue weighted by Crippen LogP contribution is -2.41. The maximum absolute atomic E-state index is 11.9. The van der Waals surface area contributed by atoms with Gasteiger partial charge in [-0.05, 0) is 26.2 Å². The zero-order valence-electron chi connectivity index (χ0n) is 9.53. The van der Waals surface area contributed by atoms with Gasteiger partial charge in [0.05, 0.1) is 6.10 Å². The van der Waals surface area contributed by atoms with Gasteiger partial charge in [0, 0.05) is 25.7 Å². The van der Waals surface area contributed by atoms with E-state index in [0.717, 1.165) is 26.1 Å². The highest BCUT2D eigenvalue weighted by molar-refractivity contribution is 5.78. The SMILES string of the molecule is CC(C)OCC(=O)N1CC[C@H]2CNC[C@H]21. The van der Waals surface area contributed by atoms with E-state index in [1.54, 1.807) is 0 Å². The van der Waals surface area contributed by atoms with Gasteiger partial charge in [0.15, 0.2) is 0 Å². The number of hydrogen-bond donors (Lipinski definition) is 1.